The second kappa shape index (κ2) is 6.01. The van der Waals surface area contributed by atoms with Gasteiger partial charge in [-0.05, 0) is 32.0 Å². The third kappa shape index (κ3) is 3.20. The summed E-state index contributed by atoms with van der Waals surface area (Å²) in [6.45, 7) is 4.08. The second-order valence-electron chi connectivity index (χ2n) is 4.24. The van der Waals surface area contributed by atoms with Crippen molar-refractivity contribution in [1.29, 1.82) is 5.26 Å². The van der Waals surface area contributed by atoms with Gasteiger partial charge in [0.1, 0.15) is 5.82 Å². The molecule has 0 radical (unpaired) electrons. The number of nitrogens with two attached hydrogens (primary N) is 1. The van der Waals surface area contributed by atoms with Crippen LogP contribution in [0, 0.1) is 17.1 Å². The van der Waals surface area contributed by atoms with Crippen molar-refractivity contribution < 1.29 is 9.18 Å². The van der Waals surface area contributed by atoms with E-state index in [0.717, 1.165) is 0 Å². The van der Waals surface area contributed by atoms with Gasteiger partial charge in [0.15, 0.2) is 0 Å². The summed E-state index contributed by atoms with van der Waals surface area (Å²) >= 11 is 0. The molecule has 0 aromatic heterocycles. The van der Waals surface area contributed by atoms with Gasteiger partial charge in [-0.25, -0.2) is 4.39 Å². The zero-order chi connectivity index (χ0) is 13.7. The molecular weight excluding hydrogens is 233 g/mol. The number of nitrogen functional groups attached to an aromatic ring is 1. The van der Waals surface area contributed by atoms with Gasteiger partial charge in [-0.15, -0.1) is 0 Å². The lowest BCUT2D eigenvalue weighted by Crippen LogP contribution is -2.37. The number of benzene rings is 1. The smallest absolute Gasteiger partial charge is 0.254 e. The first-order valence-corrected chi connectivity index (χ1v) is 5.70. The quantitative estimate of drug-likeness (QED) is 0.831. The fraction of sp³-hybridized carbons (Fsp3) is 0.385. The van der Waals surface area contributed by atoms with Crippen LogP contribution in [0.4, 0.5) is 10.1 Å². The molecule has 0 fully saturated rings. The van der Waals surface area contributed by atoms with Crippen molar-refractivity contribution >= 4 is 11.6 Å². The molecule has 0 aliphatic carbocycles. The molecule has 0 atom stereocenters. The van der Waals surface area contributed by atoms with E-state index in [1.807, 2.05) is 19.9 Å². The van der Waals surface area contributed by atoms with E-state index >= 15 is 0 Å². The maximum absolute atomic E-state index is 13.0. The monoisotopic (exact) mass is 249 g/mol. The van der Waals surface area contributed by atoms with Gasteiger partial charge in [-0.3, -0.25) is 4.79 Å². The lowest BCUT2D eigenvalue weighted by Gasteiger charge is -2.26. The molecule has 1 aromatic carbocycles. The molecule has 5 heteroatoms. The van der Waals surface area contributed by atoms with E-state index in [9.17, 15) is 9.18 Å². The minimum absolute atomic E-state index is 0.0304. The summed E-state index contributed by atoms with van der Waals surface area (Å²) in [6.07, 6.45) is 0.264. The van der Waals surface area contributed by atoms with Crippen LogP contribution in [0.5, 0.6) is 0 Å². The van der Waals surface area contributed by atoms with Gasteiger partial charge < -0.3 is 10.6 Å². The van der Waals surface area contributed by atoms with Crippen molar-refractivity contribution in [2.75, 3.05) is 12.3 Å². The fourth-order valence-electron chi connectivity index (χ4n) is 1.61. The Morgan fingerprint density at radius 1 is 1.56 bits per heavy atom. The van der Waals surface area contributed by atoms with Crippen LogP contribution in [0.2, 0.25) is 0 Å². The lowest BCUT2D eigenvalue weighted by atomic mass is 10.1. The standard InChI is InChI=1S/C13H16FN3O/c1-9(2)17(7-3-6-15)13(18)10-4-5-11(14)12(16)8-10/h4-5,8-9H,3,7,16H2,1-2H3. The highest BCUT2D eigenvalue weighted by molar-refractivity contribution is 5.95. The van der Waals surface area contributed by atoms with E-state index < -0.39 is 5.82 Å². The van der Waals surface area contributed by atoms with Crippen molar-refractivity contribution in [3.8, 4) is 6.07 Å². The Kier molecular flexibility index (Phi) is 4.67. The van der Waals surface area contributed by atoms with Crippen molar-refractivity contribution in [2.45, 2.75) is 26.3 Å². The Bertz CT molecular complexity index is 480. The molecule has 1 rings (SSSR count). The summed E-state index contributed by atoms with van der Waals surface area (Å²) in [7, 11) is 0. The molecule has 0 bridgehead atoms. The third-order valence-corrected chi connectivity index (χ3v) is 2.59. The summed E-state index contributed by atoms with van der Waals surface area (Å²) in [5.74, 6) is -0.786. The van der Waals surface area contributed by atoms with Gasteiger partial charge in [-0.2, -0.15) is 5.26 Å². The fourth-order valence-corrected chi connectivity index (χ4v) is 1.61. The van der Waals surface area contributed by atoms with E-state index in [0.29, 0.717) is 12.1 Å². The predicted octanol–water partition coefficient (Wildman–Crippen LogP) is 2.17. The molecule has 0 aliphatic heterocycles. The van der Waals surface area contributed by atoms with Crippen LogP contribution in [0.1, 0.15) is 30.6 Å². The number of rotatable bonds is 4. The molecule has 96 valence electrons. The van der Waals surface area contributed by atoms with Crippen LogP contribution in [-0.4, -0.2) is 23.4 Å². The molecule has 0 aliphatic rings. The first-order valence-electron chi connectivity index (χ1n) is 5.70. The number of nitriles is 1. The molecule has 0 saturated heterocycles. The third-order valence-electron chi connectivity index (χ3n) is 2.59. The van der Waals surface area contributed by atoms with Crippen molar-refractivity contribution in [1.82, 2.24) is 4.90 Å². The number of nitrogens with zero attached hydrogens (tertiary/aromatic N) is 2. The first-order chi connectivity index (χ1) is 8.47. The summed E-state index contributed by atoms with van der Waals surface area (Å²) in [4.78, 5) is 13.8. The van der Waals surface area contributed by atoms with Crippen molar-refractivity contribution in [3.05, 3.63) is 29.6 Å². The second-order valence-corrected chi connectivity index (χ2v) is 4.24. The Morgan fingerprint density at radius 3 is 2.72 bits per heavy atom. The SMILES string of the molecule is CC(C)N(CCC#N)C(=O)c1ccc(F)c(N)c1. The number of carbonyl (C=O) groups excluding carboxylic acids is 1. The largest absolute Gasteiger partial charge is 0.396 e. The number of hydrogen-bond acceptors (Lipinski definition) is 3. The van der Waals surface area contributed by atoms with Crippen LogP contribution in [0.15, 0.2) is 18.2 Å². The molecule has 0 saturated carbocycles. The Hall–Kier alpha value is -2.09. The van der Waals surface area contributed by atoms with E-state index in [-0.39, 0.29) is 24.1 Å². The molecule has 1 amide bonds. The molecule has 1 aromatic rings. The van der Waals surface area contributed by atoms with Crippen LogP contribution in [0.25, 0.3) is 0 Å². The maximum Gasteiger partial charge on any atom is 0.254 e. The van der Waals surface area contributed by atoms with Gasteiger partial charge in [0.25, 0.3) is 5.91 Å². The number of carbonyl (C=O) groups is 1. The number of halogens is 1. The zero-order valence-electron chi connectivity index (χ0n) is 10.5. The number of amides is 1. The molecule has 2 N–H and O–H groups in total. The highest BCUT2D eigenvalue weighted by Crippen LogP contribution is 2.15. The molecule has 0 spiro atoms. The average Bonchev–Trinajstić information content (AvgIpc) is 2.32. The Morgan fingerprint density at radius 2 is 2.22 bits per heavy atom. The van der Waals surface area contributed by atoms with E-state index in [2.05, 4.69) is 0 Å². The van der Waals surface area contributed by atoms with E-state index in [1.54, 1.807) is 4.90 Å². The van der Waals surface area contributed by atoms with Crippen LogP contribution in [-0.2, 0) is 0 Å². The van der Waals surface area contributed by atoms with Gasteiger partial charge >= 0.3 is 0 Å². The summed E-state index contributed by atoms with van der Waals surface area (Å²) in [6, 6.07) is 5.86. The van der Waals surface area contributed by atoms with Gasteiger partial charge in [0.05, 0.1) is 18.2 Å². The molecule has 0 unspecified atom stereocenters. The minimum atomic E-state index is -0.542. The molecular formula is C13H16FN3O. The van der Waals surface area contributed by atoms with Crippen LogP contribution < -0.4 is 5.73 Å². The first kappa shape index (κ1) is 14.0. The van der Waals surface area contributed by atoms with E-state index in [4.69, 9.17) is 11.0 Å². The van der Waals surface area contributed by atoms with Crippen LogP contribution >= 0.6 is 0 Å². The molecule has 18 heavy (non-hydrogen) atoms. The summed E-state index contributed by atoms with van der Waals surface area (Å²) < 4.78 is 13.0. The van der Waals surface area contributed by atoms with Gasteiger partial charge in [0, 0.05) is 18.2 Å². The Balaban J connectivity index is 2.95. The topological polar surface area (TPSA) is 70.1 Å². The van der Waals surface area contributed by atoms with Crippen molar-refractivity contribution in [3.63, 3.8) is 0 Å². The van der Waals surface area contributed by atoms with E-state index in [1.165, 1.54) is 18.2 Å². The summed E-state index contributed by atoms with van der Waals surface area (Å²) in [5.41, 5.74) is 5.72. The molecule has 4 nitrogen and oxygen atoms in total. The Labute approximate surface area is 106 Å². The number of hydrogen-bond donors (Lipinski definition) is 1. The minimum Gasteiger partial charge on any atom is -0.396 e. The highest BCUT2D eigenvalue weighted by atomic mass is 19.1. The highest BCUT2D eigenvalue weighted by Gasteiger charge is 2.19. The lowest BCUT2D eigenvalue weighted by molar-refractivity contribution is 0.0710. The van der Waals surface area contributed by atoms with Crippen LogP contribution in [0.3, 0.4) is 0 Å². The number of anilines is 1. The molecule has 0 heterocycles. The predicted molar refractivity (Wildman–Crippen MR) is 67.2 cm³/mol. The van der Waals surface area contributed by atoms with Crippen molar-refractivity contribution in [2.24, 2.45) is 0 Å². The van der Waals surface area contributed by atoms with Gasteiger partial charge in [0.2, 0.25) is 0 Å². The average molecular weight is 249 g/mol. The van der Waals surface area contributed by atoms with Gasteiger partial charge in [-0.1, -0.05) is 0 Å². The zero-order valence-corrected chi connectivity index (χ0v) is 10.5. The summed E-state index contributed by atoms with van der Waals surface area (Å²) in [5, 5.41) is 8.57. The maximum atomic E-state index is 13.0. The normalized spacial score (nSPS) is 10.2.